The van der Waals surface area contributed by atoms with Gasteiger partial charge in [-0.3, -0.25) is 24.6 Å². The van der Waals surface area contributed by atoms with E-state index in [2.05, 4.69) is 5.32 Å². The van der Waals surface area contributed by atoms with Gasteiger partial charge in [0, 0.05) is 19.5 Å². The molecule has 8 heteroatoms. The van der Waals surface area contributed by atoms with Crippen LogP contribution >= 0.6 is 0 Å². The Hall–Kier alpha value is -2.51. The van der Waals surface area contributed by atoms with Crippen LogP contribution < -0.4 is 5.32 Å². The largest absolute Gasteiger partial charge is 0.371 e. The highest BCUT2D eigenvalue weighted by atomic mass is 19.1. The van der Waals surface area contributed by atoms with Crippen LogP contribution in [0, 0.1) is 15.9 Å². The summed E-state index contributed by atoms with van der Waals surface area (Å²) in [4.78, 5) is 33.9. The van der Waals surface area contributed by atoms with Gasteiger partial charge in [-0.15, -0.1) is 0 Å². The van der Waals surface area contributed by atoms with Gasteiger partial charge in [0.15, 0.2) is 5.82 Å². The standard InChI is InChI=1S/C12H12FN3O4/c1-15-11(17)5-4-10(12(15)18)14-9-3-2-7(16(19)20)6-8(9)13/h2-3,6,10,14H,4-5H2,1H3. The molecule has 0 saturated carbocycles. The van der Waals surface area contributed by atoms with Crippen LogP contribution in [0.25, 0.3) is 0 Å². The fraction of sp³-hybridized carbons (Fsp3) is 0.333. The number of anilines is 1. The molecule has 1 aliphatic heterocycles. The molecule has 0 bridgehead atoms. The monoisotopic (exact) mass is 281 g/mol. The van der Waals surface area contributed by atoms with Gasteiger partial charge < -0.3 is 5.32 Å². The highest BCUT2D eigenvalue weighted by Gasteiger charge is 2.32. The van der Waals surface area contributed by atoms with Crippen LogP contribution in [0.4, 0.5) is 15.8 Å². The van der Waals surface area contributed by atoms with E-state index in [9.17, 15) is 24.1 Å². The number of imide groups is 1. The van der Waals surface area contributed by atoms with Crippen molar-refractivity contribution >= 4 is 23.2 Å². The van der Waals surface area contributed by atoms with Gasteiger partial charge in [0.05, 0.1) is 16.7 Å². The van der Waals surface area contributed by atoms with Crippen molar-refractivity contribution in [3.8, 4) is 0 Å². The van der Waals surface area contributed by atoms with E-state index in [-0.39, 0.29) is 30.1 Å². The number of halogens is 1. The highest BCUT2D eigenvalue weighted by Crippen LogP contribution is 2.23. The molecular formula is C12H12FN3O4. The number of likely N-dealkylation sites (tertiary alicyclic amines) is 1. The summed E-state index contributed by atoms with van der Waals surface area (Å²) < 4.78 is 13.7. The Morgan fingerprint density at radius 2 is 2.15 bits per heavy atom. The van der Waals surface area contributed by atoms with Crippen molar-refractivity contribution < 1.29 is 18.9 Å². The summed E-state index contributed by atoms with van der Waals surface area (Å²) in [6, 6.07) is 2.42. The molecule has 1 aromatic rings. The number of amides is 2. The highest BCUT2D eigenvalue weighted by molar-refractivity contribution is 6.01. The fourth-order valence-electron chi connectivity index (χ4n) is 1.97. The SMILES string of the molecule is CN1C(=O)CCC(Nc2ccc([N+](=O)[O-])cc2F)C1=O. The maximum Gasteiger partial charge on any atom is 0.272 e. The zero-order valence-electron chi connectivity index (χ0n) is 10.6. The number of nitro groups is 1. The third-order valence-electron chi connectivity index (χ3n) is 3.14. The number of nitro benzene ring substituents is 1. The molecule has 2 amide bonds. The van der Waals surface area contributed by atoms with E-state index in [1.54, 1.807) is 0 Å². The summed E-state index contributed by atoms with van der Waals surface area (Å²) in [5.74, 6) is -1.54. The predicted octanol–water partition coefficient (Wildman–Crippen LogP) is 1.29. The van der Waals surface area contributed by atoms with E-state index in [1.807, 2.05) is 0 Å². The van der Waals surface area contributed by atoms with Gasteiger partial charge in [-0.2, -0.15) is 0 Å². The minimum atomic E-state index is -0.813. The van der Waals surface area contributed by atoms with E-state index in [4.69, 9.17) is 0 Å². The van der Waals surface area contributed by atoms with Crippen LogP contribution in [0.3, 0.4) is 0 Å². The number of likely N-dealkylation sites (N-methyl/N-ethyl adjacent to an activating group) is 1. The number of rotatable bonds is 3. The van der Waals surface area contributed by atoms with Crippen molar-refractivity contribution in [3.05, 3.63) is 34.1 Å². The molecule has 0 aliphatic carbocycles. The van der Waals surface area contributed by atoms with E-state index >= 15 is 0 Å². The number of piperidine rings is 1. The molecule has 7 nitrogen and oxygen atoms in total. The topological polar surface area (TPSA) is 92.6 Å². The lowest BCUT2D eigenvalue weighted by atomic mass is 10.0. The van der Waals surface area contributed by atoms with Crippen LogP contribution in [0.1, 0.15) is 12.8 Å². The first-order valence-electron chi connectivity index (χ1n) is 5.91. The Labute approximate surface area is 113 Å². The first-order valence-corrected chi connectivity index (χ1v) is 5.91. The lowest BCUT2D eigenvalue weighted by Crippen LogP contribution is -2.48. The quantitative estimate of drug-likeness (QED) is 0.512. The number of hydrogen-bond acceptors (Lipinski definition) is 5. The normalized spacial score (nSPS) is 19.1. The number of nitrogens with zero attached hydrogens (tertiary/aromatic N) is 2. The second kappa shape index (κ2) is 5.24. The summed E-state index contributed by atoms with van der Waals surface area (Å²) >= 11 is 0. The number of carbonyl (C=O) groups is 2. The zero-order chi connectivity index (χ0) is 14.9. The third kappa shape index (κ3) is 2.58. The summed E-state index contributed by atoms with van der Waals surface area (Å²) in [7, 11) is 1.37. The van der Waals surface area contributed by atoms with Crippen LogP contribution in [0.5, 0.6) is 0 Å². The molecule has 1 saturated heterocycles. The number of non-ortho nitro benzene ring substituents is 1. The summed E-state index contributed by atoms with van der Waals surface area (Å²) in [5, 5.41) is 13.2. The molecule has 1 N–H and O–H groups in total. The smallest absolute Gasteiger partial charge is 0.272 e. The summed E-state index contributed by atoms with van der Waals surface area (Å²) in [6.07, 6.45) is 0.451. The first kappa shape index (κ1) is 13.9. The molecule has 1 aliphatic rings. The lowest BCUT2D eigenvalue weighted by molar-refractivity contribution is -0.385. The van der Waals surface area contributed by atoms with Crippen molar-refractivity contribution in [2.45, 2.75) is 18.9 Å². The number of carbonyl (C=O) groups excluding carboxylic acids is 2. The fourth-order valence-corrected chi connectivity index (χ4v) is 1.97. The van der Waals surface area contributed by atoms with Crippen molar-refractivity contribution in [3.63, 3.8) is 0 Å². The first-order chi connectivity index (χ1) is 9.40. The van der Waals surface area contributed by atoms with Gasteiger partial charge in [0.25, 0.3) is 11.6 Å². The Morgan fingerprint density at radius 1 is 1.45 bits per heavy atom. The number of hydrogen-bond donors (Lipinski definition) is 1. The predicted molar refractivity (Wildman–Crippen MR) is 67.5 cm³/mol. The average Bonchev–Trinajstić information content (AvgIpc) is 2.41. The molecule has 1 heterocycles. The van der Waals surface area contributed by atoms with Crippen LogP contribution in [-0.4, -0.2) is 34.7 Å². The summed E-state index contributed by atoms with van der Waals surface area (Å²) in [5.41, 5.74) is -0.369. The second-order valence-corrected chi connectivity index (χ2v) is 4.45. The lowest BCUT2D eigenvalue weighted by Gasteiger charge is -2.28. The van der Waals surface area contributed by atoms with Crippen LogP contribution in [0.2, 0.25) is 0 Å². The Balaban J connectivity index is 2.16. The van der Waals surface area contributed by atoms with Gasteiger partial charge in [0.2, 0.25) is 5.91 Å². The molecule has 2 rings (SSSR count). The molecule has 1 unspecified atom stereocenters. The molecule has 0 aromatic heterocycles. The number of nitrogens with one attached hydrogen (secondary N) is 1. The van der Waals surface area contributed by atoms with Gasteiger partial charge in [-0.25, -0.2) is 4.39 Å². The Bertz CT molecular complexity index is 590. The van der Waals surface area contributed by atoms with Gasteiger partial charge in [0.1, 0.15) is 6.04 Å². The minimum absolute atomic E-state index is 0.00306. The molecule has 1 aromatic carbocycles. The van der Waals surface area contributed by atoms with Gasteiger partial charge >= 0.3 is 0 Å². The van der Waals surface area contributed by atoms with Crippen molar-refractivity contribution in [1.29, 1.82) is 0 Å². The van der Waals surface area contributed by atoms with E-state index < -0.39 is 22.7 Å². The van der Waals surface area contributed by atoms with Crippen molar-refractivity contribution in [2.24, 2.45) is 0 Å². The maximum atomic E-state index is 13.7. The third-order valence-corrected chi connectivity index (χ3v) is 3.14. The zero-order valence-corrected chi connectivity index (χ0v) is 10.6. The molecule has 0 radical (unpaired) electrons. The summed E-state index contributed by atoms with van der Waals surface area (Å²) in [6.45, 7) is 0. The van der Waals surface area contributed by atoms with Crippen LogP contribution in [-0.2, 0) is 9.59 Å². The maximum absolute atomic E-state index is 13.7. The second-order valence-electron chi connectivity index (χ2n) is 4.45. The van der Waals surface area contributed by atoms with Crippen molar-refractivity contribution in [2.75, 3.05) is 12.4 Å². The molecule has 20 heavy (non-hydrogen) atoms. The van der Waals surface area contributed by atoms with Crippen LogP contribution in [0.15, 0.2) is 18.2 Å². The molecular weight excluding hydrogens is 269 g/mol. The molecule has 0 spiro atoms. The van der Waals surface area contributed by atoms with E-state index in [0.717, 1.165) is 17.0 Å². The minimum Gasteiger partial charge on any atom is -0.371 e. The van der Waals surface area contributed by atoms with Gasteiger partial charge in [-0.1, -0.05) is 0 Å². The average molecular weight is 281 g/mol. The van der Waals surface area contributed by atoms with E-state index in [0.29, 0.717) is 0 Å². The number of benzene rings is 1. The van der Waals surface area contributed by atoms with Gasteiger partial charge in [-0.05, 0) is 12.5 Å². The molecule has 1 atom stereocenters. The molecule has 1 fully saturated rings. The van der Waals surface area contributed by atoms with Crippen molar-refractivity contribution in [1.82, 2.24) is 4.90 Å². The molecule has 106 valence electrons. The Kier molecular flexibility index (Phi) is 3.64. The Morgan fingerprint density at radius 3 is 2.75 bits per heavy atom. The van der Waals surface area contributed by atoms with E-state index in [1.165, 1.54) is 13.1 Å².